The third kappa shape index (κ3) is 7.22. The van der Waals surface area contributed by atoms with Gasteiger partial charge in [-0.05, 0) is 42.9 Å². The molecule has 16 heteroatoms. The zero-order valence-corrected chi connectivity index (χ0v) is 23.3. The molecule has 3 heterocycles. The van der Waals surface area contributed by atoms with Crippen LogP contribution < -0.4 is 11.1 Å². The van der Waals surface area contributed by atoms with Crippen LogP contribution in [0.2, 0.25) is 0 Å². The molecule has 1 atom stereocenters. The van der Waals surface area contributed by atoms with Gasteiger partial charge in [0, 0.05) is 36.8 Å². The molecule has 1 aliphatic heterocycles. The molecule has 4 rings (SSSR count). The Balaban J connectivity index is 0.00000441. The van der Waals surface area contributed by atoms with Crippen LogP contribution in [0, 0.1) is 5.92 Å². The Morgan fingerprint density at radius 3 is 2.40 bits per heavy atom. The molecule has 0 aliphatic carbocycles. The number of aromatic nitrogens is 3. The number of nitrogens with two attached hydrogens (primary N) is 1. The predicted octanol–water partition coefficient (Wildman–Crippen LogP) is 5.99. The minimum absolute atomic E-state index is 0. The summed E-state index contributed by atoms with van der Waals surface area (Å²) in [4.78, 5) is 29.4. The van der Waals surface area contributed by atoms with Gasteiger partial charge < -0.3 is 20.7 Å². The van der Waals surface area contributed by atoms with E-state index in [0.717, 1.165) is 29.9 Å². The van der Waals surface area contributed by atoms with Gasteiger partial charge in [-0.3, -0.25) is 9.59 Å². The summed E-state index contributed by atoms with van der Waals surface area (Å²) in [5.74, 6) is -1.93. The predicted molar refractivity (Wildman–Crippen MR) is 138 cm³/mol. The molecule has 0 spiro atoms. The number of hydrogen-bond donors (Lipinski definition) is 2. The monoisotopic (exact) mass is 639 g/mol. The number of nitrogens with one attached hydrogen (secondary N) is 1. The number of ether oxygens (including phenoxy) is 1. The Labute approximate surface area is 237 Å². The van der Waals surface area contributed by atoms with Crippen LogP contribution in [0.15, 0.2) is 41.6 Å². The zero-order valence-electron chi connectivity index (χ0n) is 21.6. The van der Waals surface area contributed by atoms with E-state index in [4.69, 9.17) is 10.5 Å². The molecule has 1 unspecified atom stereocenters. The second-order valence-corrected chi connectivity index (χ2v) is 12.3. The van der Waals surface area contributed by atoms with Crippen molar-refractivity contribution >= 4 is 44.4 Å². The largest absolute Gasteiger partial charge is 0.383 e. The molecule has 0 bridgehead atoms. The summed E-state index contributed by atoms with van der Waals surface area (Å²) < 4.78 is 72.7. The number of fused-ring (bicyclic) bond motifs is 1. The van der Waals surface area contributed by atoms with E-state index in [1.807, 2.05) is 0 Å². The standard InChI is InChI=1S/C24H29F5N6O3S.Cu/c1-15(2)13-34(14-16-6-8-17(9-7-16)39(25,26,27,28)29)24(37)23(36)33-19-12-31-22(30)18-11-32-35(21(18)19)20-5-3-4-10-38-20;/h6-9,11-12,15,20H,3-5,10,13-14H2,1-2H3,(H2,30,31)(H,33,36);. The third-order valence-electron chi connectivity index (χ3n) is 6.15. The topological polar surface area (TPSA) is 115 Å². The van der Waals surface area contributed by atoms with Gasteiger partial charge in [0.1, 0.15) is 16.2 Å². The van der Waals surface area contributed by atoms with Gasteiger partial charge in [0.15, 0.2) is 6.23 Å². The smallest absolute Gasteiger partial charge is 0.314 e. The van der Waals surface area contributed by atoms with Gasteiger partial charge in [0.05, 0.1) is 23.5 Å². The summed E-state index contributed by atoms with van der Waals surface area (Å²) in [6.07, 6.45) is 4.92. The summed E-state index contributed by atoms with van der Waals surface area (Å²) >= 11 is 0. The Bertz CT molecular complexity index is 1400. The van der Waals surface area contributed by atoms with E-state index in [1.54, 1.807) is 18.5 Å². The molecule has 225 valence electrons. The maximum atomic E-state index is 13.2. The van der Waals surface area contributed by atoms with E-state index in [-0.39, 0.29) is 65.3 Å². The maximum absolute atomic E-state index is 13.2. The van der Waals surface area contributed by atoms with Crippen molar-refractivity contribution in [2.24, 2.45) is 5.92 Å². The van der Waals surface area contributed by atoms with E-state index in [0.29, 0.717) is 23.9 Å². The Hall–Kier alpha value is -2.94. The van der Waals surface area contributed by atoms with Crippen LogP contribution in [0.3, 0.4) is 0 Å². The number of amides is 2. The van der Waals surface area contributed by atoms with E-state index in [9.17, 15) is 29.0 Å². The first-order valence-electron chi connectivity index (χ1n) is 12.2. The summed E-state index contributed by atoms with van der Waals surface area (Å²) in [7, 11) is -9.83. The van der Waals surface area contributed by atoms with Crippen LogP contribution in [-0.4, -0.2) is 44.6 Å². The molecule has 1 fully saturated rings. The van der Waals surface area contributed by atoms with Crippen molar-refractivity contribution in [3.8, 4) is 0 Å². The number of rotatable bonds is 7. The summed E-state index contributed by atoms with van der Waals surface area (Å²) in [5.41, 5.74) is 6.74. The zero-order chi connectivity index (χ0) is 28.7. The van der Waals surface area contributed by atoms with E-state index in [1.165, 1.54) is 12.4 Å². The average Bonchev–Trinajstić information content (AvgIpc) is 3.30. The summed E-state index contributed by atoms with van der Waals surface area (Å²) in [6, 6.07) is 2.28. The van der Waals surface area contributed by atoms with Crippen LogP contribution >= 0.6 is 10.2 Å². The molecule has 1 saturated heterocycles. The molecule has 2 amide bonds. The van der Waals surface area contributed by atoms with Crippen molar-refractivity contribution in [3.05, 3.63) is 42.2 Å². The van der Waals surface area contributed by atoms with Crippen molar-refractivity contribution in [1.82, 2.24) is 19.7 Å². The molecule has 1 radical (unpaired) electrons. The molecular formula is C24H29CuF5N6O3S. The minimum Gasteiger partial charge on any atom is -0.383 e. The number of nitrogen functional groups attached to an aromatic ring is 1. The molecule has 9 nitrogen and oxygen atoms in total. The van der Waals surface area contributed by atoms with Crippen molar-refractivity contribution in [2.75, 3.05) is 24.2 Å². The maximum Gasteiger partial charge on any atom is 0.314 e. The fourth-order valence-electron chi connectivity index (χ4n) is 4.36. The molecule has 40 heavy (non-hydrogen) atoms. The van der Waals surface area contributed by atoms with E-state index < -0.39 is 33.2 Å². The van der Waals surface area contributed by atoms with Crippen LogP contribution in [0.25, 0.3) is 10.9 Å². The van der Waals surface area contributed by atoms with Crippen LogP contribution in [0.5, 0.6) is 0 Å². The van der Waals surface area contributed by atoms with Gasteiger partial charge in [0.25, 0.3) is 0 Å². The van der Waals surface area contributed by atoms with E-state index in [2.05, 4.69) is 15.4 Å². The average molecular weight is 640 g/mol. The van der Waals surface area contributed by atoms with Crippen LogP contribution in [-0.2, 0) is 37.9 Å². The van der Waals surface area contributed by atoms with Crippen molar-refractivity contribution < 1.29 is 50.8 Å². The molecule has 3 N–H and O–H groups in total. The number of carbonyl (C=O) groups excluding carboxylic acids is 2. The minimum atomic E-state index is -9.83. The molecular weight excluding hydrogens is 611 g/mol. The summed E-state index contributed by atoms with van der Waals surface area (Å²) in [5, 5.41) is 7.36. The third-order valence-corrected chi connectivity index (χ3v) is 7.31. The van der Waals surface area contributed by atoms with Gasteiger partial charge in [-0.15, -0.1) is 0 Å². The van der Waals surface area contributed by atoms with Crippen LogP contribution in [0.1, 0.15) is 44.9 Å². The van der Waals surface area contributed by atoms with Gasteiger partial charge in [-0.2, -0.15) is 5.10 Å². The molecule has 2 aromatic heterocycles. The fourth-order valence-corrected chi connectivity index (χ4v) is 5.01. The number of nitrogens with zero attached hydrogens (tertiary/aromatic N) is 4. The van der Waals surface area contributed by atoms with Gasteiger partial charge in [0.2, 0.25) is 0 Å². The quantitative estimate of drug-likeness (QED) is 0.186. The van der Waals surface area contributed by atoms with Crippen molar-refractivity contribution in [3.63, 3.8) is 0 Å². The number of anilines is 2. The fraction of sp³-hybridized carbons (Fsp3) is 0.417. The van der Waals surface area contributed by atoms with Crippen molar-refractivity contribution in [1.29, 1.82) is 0 Å². The number of pyridine rings is 1. The van der Waals surface area contributed by atoms with Crippen molar-refractivity contribution in [2.45, 2.75) is 50.8 Å². The Kier molecular flexibility index (Phi) is 8.53. The number of benzene rings is 1. The Morgan fingerprint density at radius 2 is 1.82 bits per heavy atom. The van der Waals surface area contributed by atoms with Crippen LogP contribution in [0.4, 0.5) is 30.9 Å². The van der Waals surface area contributed by atoms with Gasteiger partial charge >= 0.3 is 22.0 Å². The summed E-state index contributed by atoms with van der Waals surface area (Å²) in [6.45, 7) is 3.92. The molecule has 1 aliphatic rings. The first kappa shape index (κ1) is 31.6. The first-order chi connectivity index (χ1) is 18.0. The molecule has 3 aromatic rings. The second-order valence-electron chi connectivity index (χ2n) is 9.88. The number of halogens is 5. The first-order valence-corrected chi connectivity index (χ1v) is 14.1. The molecule has 0 saturated carbocycles. The normalized spacial score (nSPS) is 17.6. The second kappa shape index (κ2) is 10.8. The number of hydrogen-bond acceptors (Lipinski definition) is 6. The number of carbonyl (C=O) groups is 2. The van der Waals surface area contributed by atoms with Gasteiger partial charge in [-0.25, -0.2) is 9.67 Å². The van der Waals surface area contributed by atoms with Gasteiger partial charge in [-0.1, -0.05) is 45.4 Å². The molecule has 1 aromatic carbocycles. The van der Waals surface area contributed by atoms with E-state index >= 15 is 0 Å². The SMILES string of the molecule is CC(C)CN(Cc1ccc(S(F)(F)(F)(F)F)cc1)C(=O)C(=O)Nc1cnc(N)c2cnn(C3CCCCO3)c12.[Cu]. The Morgan fingerprint density at radius 1 is 1.15 bits per heavy atom.